The Balaban J connectivity index is 1.82. The van der Waals surface area contributed by atoms with Crippen LogP contribution in [0.1, 0.15) is 22.9 Å². The number of nitrogens with zero attached hydrogens (tertiary/aromatic N) is 2. The van der Waals surface area contributed by atoms with E-state index in [1.165, 1.54) is 12.1 Å². The predicted molar refractivity (Wildman–Crippen MR) is 90.8 cm³/mol. The highest BCUT2D eigenvalue weighted by Gasteiger charge is 2.43. The summed E-state index contributed by atoms with van der Waals surface area (Å²) < 4.78 is 13.2. The van der Waals surface area contributed by atoms with Gasteiger partial charge in [-0.05, 0) is 29.1 Å². The lowest BCUT2D eigenvalue weighted by molar-refractivity contribution is -0.135. The maximum Gasteiger partial charge on any atom is 0.228 e. The minimum atomic E-state index is -0.446. The van der Waals surface area contributed by atoms with Crippen LogP contribution in [0.3, 0.4) is 0 Å². The van der Waals surface area contributed by atoms with Crippen molar-refractivity contribution >= 4 is 23.2 Å². The quantitative estimate of drug-likeness (QED) is 0.854. The Bertz CT molecular complexity index is 730. The number of carbonyl (C=O) groups excluding carboxylic acids is 2. The number of thiophene rings is 1. The molecule has 2 atom stereocenters. The summed E-state index contributed by atoms with van der Waals surface area (Å²) in [6, 6.07) is 9.61. The zero-order chi connectivity index (χ0) is 17.3. The highest BCUT2D eigenvalue weighted by molar-refractivity contribution is 7.09. The van der Waals surface area contributed by atoms with Crippen molar-refractivity contribution in [3.05, 3.63) is 58.0 Å². The average molecular weight is 346 g/mol. The van der Waals surface area contributed by atoms with Gasteiger partial charge in [0.05, 0.1) is 18.5 Å². The van der Waals surface area contributed by atoms with E-state index in [1.54, 1.807) is 47.4 Å². The molecule has 1 aromatic heterocycles. The topological polar surface area (TPSA) is 40.6 Å². The lowest BCUT2D eigenvalue weighted by Gasteiger charge is -2.27. The molecular weight excluding hydrogens is 327 g/mol. The summed E-state index contributed by atoms with van der Waals surface area (Å²) in [5.74, 6) is -0.899. The molecule has 126 valence electrons. The van der Waals surface area contributed by atoms with E-state index in [0.29, 0.717) is 6.54 Å². The Kier molecular flexibility index (Phi) is 4.66. The zero-order valence-electron chi connectivity index (χ0n) is 13.6. The van der Waals surface area contributed by atoms with Gasteiger partial charge in [-0.1, -0.05) is 18.2 Å². The van der Waals surface area contributed by atoms with E-state index in [4.69, 9.17) is 0 Å². The van der Waals surface area contributed by atoms with E-state index in [-0.39, 0.29) is 30.1 Å². The summed E-state index contributed by atoms with van der Waals surface area (Å²) in [5.41, 5.74) is 0.785. The average Bonchev–Trinajstić information content (AvgIpc) is 3.17. The standard InChI is InChI=1S/C18H19FN2O2S/c1-20(11-14-4-3-9-24-14)18(23)15-10-16(22)21(2)17(15)12-5-7-13(19)8-6-12/h3-9,15,17H,10-11H2,1-2H3/t15-,17+/m1/s1. The number of likely N-dealkylation sites (tertiary alicyclic amines) is 1. The van der Waals surface area contributed by atoms with Gasteiger partial charge in [0, 0.05) is 25.4 Å². The smallest absolute Gasteiger partial charge is 0.228 e. The largest absolute Gasteiger partial charge is 0.340 e. The highest BCUT2D eigenvalue weighted by Crippen LogP contribution is 2.38. The summed E-state index contributed by atoms with van der Waals surface area (Å²) in [6.07, 6.45) is 0.187. The summed E-state index contributed by atoms with van der Waals surface area (Å²) >= 11 is 1.60. The third-order valence-electron chi connectivity index (χ3n) is 4.46. The molecule has 4 nitrogen and oxygen atoms in total. The fourth-order valence-electron chi connectivity index (χ4n) is 3.20. The van der Waals surface area contributed by atoms with Gasteiger partial charge >= 0.3 is 0 Å². The Morgan fingerprint density at radius 1 is 1.33 bits per heavy atom. The molecule has 1 fully saturated rings. The molecule has 1 aliphatic heterocycles. The maximum absolute atomic E-state index is 13.2. The Labute approximate surface area is 144 Å². The first-order valence-electron chi connectivity index (χ1n) is 7.76. The zero-order valence-corrected chi connectivity index (χ0v) is 14.4. The van der Waals surface area contributed by atoms with Crippen molar-refractivity contribution in [3.63, 3.8) is 0 Å². The van der Waals surface area contributed by atoms with Crippen LogP contribution in [0.5, 0.6) is 0 Å². The molecule has 3 rings (SSSR count). The van der Waals surface area contributed by atoms with Crippen LogP contribution in [0.2, 0.25) is 0 Å². The fourth-order valence-corrected chi connectivity index (χ4v) is 3.96. The van der Waals surface area contributed by atoms with Gasteiger partial charge in [0.2, 0.25) is 11.8 Å². The fraction of sp³-hybridized carbons (Fsp3) is 0.333. The second kappa shape index (κ2) is 6.73. The van der Waals surface area contributed by atoms with Crippen LogP contribution >= 0.6 is 11.3 Å². The Hall–Kier alpha value is -2.21. The molecule has 0 bridgehead atoms. The molecular formula is C18H19FN2O2S. The Morgan fingerprint density at radius 2 is 2.04 bits per heavy atom. The molecule has 0 unspecified atom stereocenters. The third kappa shape index (κ3) is 3.19. The number of amides is 2. The first-order chi connectivity index (χ1) is 11.5. The van der Waals surface area contributed by atoms with Crippen LogP contribution < -0.4 is 0 Å². The van der Waals surface area contributed by atoms with Crippen molar-refractivity contribution < 1.29 is 14.0 Å². The minimum absolute atomic E-state index is 0.0598. The van der Waals surface area contributed by atoms with Crippen LogP contribution in [-0.2, 0) is 16.1 Å². The summed E-state index contributed by atoms with van der Waals surface area (Å²) in [5, 5.41) is 1.97. The number of hydrogen-bond acceptors (Lipinski definition) is 3. The van der Waals surface area contributed by atoms with Gasteiger partial charge in [-0.2, -0.15) is 0 Å². The van der Waals surface area contributed by atoms with Gasteiger partial charge in [-0.25, -0.2) is 4.39 Å². The van der Waals surface area contributed by atoms with Gasteiger partial charge in [-0.15, -0.1) is 11.3 Å². The molecule has 1 aliphatic rings. The van der Waals surface area contributed by atoms with Gasteiger partial charge in [0.15, 0.2) is 0 Å². The SMILES string of the molecule is CN(Cc1cccs1)C(=O)[C@@H]1CC(=O)N(C)[C@H]1c1ccc(F)cc1. The molecule has 6 heteroatoms. The van der Waals surface area contributed by atoms with Gasteiger partial charge < -0.3 is 9.80 Å². The number of benzene rings is 1. The molecule has 0 radical (unpaired) electrons. The normalized spacial score (nSPS) is 20.5. The van der Waals surface area contributed by atoms with E-state index in [1.807, 2.05) is 17.5 Å². The molecule has 1 saturated heterocycles. The number of rotatable bonds is 4. The maximum atomic E-state index is 13.2. The molecule has 0 saturated carbocycles. The van der Waals surface area contributed by atoms with Crippen LogP contribution in [0.25, 0.3) is 0 Å². The number of hydrogen-bond donors (Lipinski definition) is 0. The van der Waals surface area contributed by atoms with Crippen LogP contribution in [0.4, 0.5) is 4.39 Å². The molecule has 0 aliphatic carbocycles. The summed E-state index contributed by atoms with van der Waals surface area (Å²) in [4.78, 5) is 29.4. The first-order valence-corrected chi connectivity index (χ1v) is 8.64. The summed E-state index contributed by atoms with van der Waals surface area (Å²) in [7, 11) is 3.45. The van der Waals surface area contributed by atoms with Crippen molar-refractivity contribution in [3.8, 4) is 0 Å². The lowest BCUT2D eigenvalue weighted by Crippen LogP contribution is -2.35. The van der Waals surface area contributed by atoms with E-state index in [2.05, 4.69) is 0 Å². The van der Waals surface area contributed by atoms with Gasteiger partial charge in [0.1, 0.15) is 5.82 Å². The molecule has 2 heterocycles. The van der Waals surface area contributed by atoms with E-state index in [0.717, 1.165) is 10.4 Å². The Morgan fingerprint density at radius 3 is 2.67 bits per heavy atom. The monoisotopic (exact) mass is 346 g/mol. The lowest BCUT2D eigenvalue weighted by atomic mass is 9.92. The van der Waals surface area contributed by atoms with Crippen LogP contribution in [-0.4, -0.2) is 35.7 Å². The van der Waals surface area contributed by atoms with Crippen molar-refractivity contribution in [1.29, 1.82) is 0 Å². The van der Waals surface area contributed by atoms with Crippen LogP contribution in [0, 0.1) is 11.7 Å². The second-order valence-electron chi connectivity index (χ2n) is 6.09. The van der Waals surface area contributed by atoms with E-state index < -0.39 is 5.92 Å². The minimum Gasteiger partial charge on any atom is -0.340 e. The molecule has 0 spiro atoms. The van der Waals surface area contributed by atoms with Crippen molar-refractivity contribution in [2.45, 2.75) is 19.0 Å². The van der Waals surface area contributed by atoms with E-state index >= 15 is 0 Å². The van der Waals surface area contributed by atoms with Crippen molar-refractivity contribution in [2.75, 3.05) is 14.1 Å². The number of halogens is 1. The van der Waals surface area contributed by atoms with E-state index in [9.17, 15) is 14.0 Å². The molecule has 2 aromatic rings. The van der Waals surface area contributed by atoms with Gasteiger partial charge in [-0.3, -0.25) is 9.59 Å². The second-order valence-corrected chi connectivity index (χ2v) is 7.12. The van der Waals surface area contributed by atoms with Crippen molar-refractivity contribution in [1.82, 2.24) is 9.80 Å². The molecule has 1 aromatic carbocycles. The predicted octanol–water partition coefficient (Wildman–Crippen LogP) is 3.07. The molecule has 2 amide bonds. The molecule has 0 N–H and O–H groups in total. The third-order valence-corrected chi connectivity index (χ3v) is 5.33. The van der Waals surface area contributed by atoms with Gasteiger partial charge in [0.25, 0.3) is 0 Å². The van der Waals surface area contributed by atoms with Crippen molar-refractivity contribution in [2.24, 2.45) is 5.92 Å². The first kappa shape index (κ1) is 16.6. The summed E-state index contributed by atoms with van der Waals surface area (Å²) in [6.45, 7) is 0.529. The molecule has 24 heavy (non-hydrogen) atoms. The highest BCUT2D eigenvalue weighted by atomic mass is 32.1. The van der Waals surface area contributed by atoms with Crippen LogP contribution in [0.15, 0.2) is 41.8 Å². The number of carbonyl (C=O) groups is 2.